The first-order valence-corrected chi connectivity index (χ1v) is 12.7. The van der Waals surface area contributed by atoms with Crippen LogP contribution in [0.3, 0.4) is 0 Å². The van der Waals surface area contributed by atoms with Crippen LogP contribution in [-0.4, -0.2) is 41.5 Å². The first-order valence-electron chi connectivity index (χ1n) is 11.3. The number of nitrogens with zero attached hydrogens (tertiary/aromatic N) is 3. The Morgan fingerprint density at radius 2 is 1.70 bits per heavy atom. The molecule has 174 valence electrons. The molecule has 1 amide bonds. The molecule has 1 saturated heterocycles. The van der Waals surface area contributed by atoms with E-state index < -0.39 is 10.0 Å². The molecule has 1 fully saturated rings. The summed E-state index contributed by atoms with van der Waals surface area (Å²) < 4.78 is 29.7. The van der Waals surface area contributed by atoms with Crippen LogP contribution >= 0.6 is 0 Å². The first-order chi connectivity index (χ1) is 15.8. The molecular formula is C25H30N4O3S. The Morgan fingerprint density at radius 1 is 1.00 bits per heavy atom. The molecule has 3 aromatic rings. The summed E-state index contributed by atoms with van der Waals surface area (Å²) in [5.41, 5.74) is 4.68. The largest absolute Gasteiger partial charge is 0.348 e. The SMILES string of the molecule is Cc1ccc(C(=O)NCc2c(C)nn(-c3ccccc3)c2C)cc1S(=O)(=O)N1CCCCC1. The van der Waals surface area contributed by atoms with E-state index in [0.717, 1.165) is 41.9 Å². The minimum absolute atomic E-state index is 0.210. The second-order valence-electron chi connectivity index (χ2n) is 8.52. The number of amides is 1. The van der Waals surface area contributed by atoms with Crippen LogP contribution in [0.2, 0.25) is 0 Å². The molecule has 7 nitrogen and oxygen atoms in total. The summed E-state index contributed by atoms with van der Waals surface area (Å²) in [7, 11) is -3.62. The number of aromatic nitrogens is 2. The van der Waals surface area contributed by atoms with Crippen molar-refractivity contribution in [3.05, 3.63) is 76.6 Å². The summed E-state index contributed by atoms with van der Waals surface area (Å²) in [5, 5.41) is 7.56. The molecule has 2 aromatic carbocycles. The highest BCUT2D eigenvalue weighted by atomic mass is 32.2. The quantitative estimate of drug-likeness (QED) is 0.597. The van der Waals surface area contributed by atoms with Gasteiger partial charge in [0.1, 0.15) is 0 Å². The number of sulfonamides is 1. The van der Waals surface area contributed by atoms with E-state index in [0.29, 0.717) is 30.8 Å². The topological polar surface area (TPSA) is 84.3 Å². The second-order valence-corrected chi connectivity index (χ2v) is 10.4. The standard InChI is InChI=1S/C25H30N4O3S/c1-18-12-13-21(16-24(18)33(31,32)28-14-8-5-9-15-28)25(30)26-17-23-19(2)27-29(20(23)3)22-10-6-4-7-11-22/h4,6-7,10-13,16H,5,8-9,14-15,17H2,1-3H3,(H,26,30). The summed E-state index contributed by atoms with van der Waals surface area (Å²) in [5.74, 6) is -0.309. The van der Waals surface area contributed by atoms with Gasteiger partial charge in [0.05, 0.1) is 16.3 Å². The summed E-state index contributed by atoms with van der Waals surface area (Å²) in [4.78, 5) is 13.1. The smallest absolute Gasteiger partial charge is 0.251 e. The van der Waals surface area contributed by atoms with Gasteiger partial charge in [-0.1, -0.05) is 30.7 Å². The van der Waals surface area contributed by atoms with Crippen molar-refractivity contribution in [3.8, 4) is 5.69 Å². The predicted molar refractivity (Wildman–Crippen MR) is 128 cm³/mol. The van der Waals surface area contributed by atoms with Crippen LogP contribution in [0.1, 0.15) is 52.1 Å². The van der Waals surface area contributed by atoms with Crippen molar-refractivity contribution >= 4 is 15.9 Å². The van der Waals surface area contributed by atoms with Gasteiger partial charge in [0.25, 0.3) is 5.91 Å². The normalized spacial score (nSPS) is 14.9. The zero-order valence-corrected chi connectivity index (χ0v) is 20.2. The van der Waals surface area contributed by atoms with E-state index in [1.165, 1.54) is 10.4 Å². The van der Waals surface area contributed by atoms with Crippen molar-refractivity contribution in [3.63, 3.8) is 0 Å². The van der Waals surface area contributed by atoms with Crippen LogP contribution in [0.15, 0.2) is 53.4 Å². The highest BCUT2D eigenvalue weighted by Gasteiger charge is 2.28. The number of nitrogens with one attached hydrogen (secondary N) is 1. The minimum atomic E-state index is -3.62. The number of para-hydroxylation sites is 1. The third kappa shape index (κ3) is 4.72. The Bertz CT molecular complexity index is 1260. The Balaban J connectivity index is 1.53. The first kappa shape index (κ1) is 23.2. The van der Waals surface area contributed by atoms with Crippen molar-refractivity contribution in [2.75, 3.05) is 13.1 Å². The fourth-order valence-corrected chi connectivity index (χ4v) is 6.05. The van der Waals surface area contributed by atoms with Crippen LogP contribution in [-0.2, 0) is 16.6 Å². The van der Waals surface area contributed by atoms with Crippen molar-refractivity contribution < 1.29 is 13.2 Å². The lowest BCUT2D eigenvalue weighted by atomic mass is 10.1. The molecule has 2 heterocycles. The number of rotatable bonds is 6. The van der Waals surface area contributed by atoms with E-state index in [2.05, 4.69) is 10.4 Å². The highest BCUT2D eigenvalue weighted by molar-refractivity contribution is 7.89. The average molecular weight is 467 g/mol. The highest BCUT2D eigenvalue weighted by Crippen LogP contribution is 2.25. The molecule has 1 aliphatic rings. The Hall–Kier alpha value is -2.97. The fraction of sp³-hybridized carbons (Fsp3) is 0.360. The molecule has 0 atom stereocenters. The number of hydrogen-bond donors (Lipinski definition) is 1. The van der Waals surface area contributed by atoms with Crippen LogP contribution in [0.4, 0.5) is 0 Å². The molecule has 1 aliphatic heterocycles. The Morgan fingerprint density at radius 3 is 2.39 bits per heavy atom. The number of hydrogen-bond acceptors (Lipinski definition) is 4. The van der Waals surface area contributed by atoms with Crippen LogP contribution in [0.25, 0.3) is 5.69 Å². The van der Waals surface area contributed by atoms with E-state index in [1.807, 2.05) is 48.9 Å². The molecular weight excluding hydrogens is 436 g/mol. The summed E-state index contributed by atoms with van der Waals surface area (Å²) >= 11 is 0. The van der Waals surface area contributed by atoms with Crippen molar-refractivity contribution in [2.24, 2.45) is 0 Å². The van der Waals surface area contributed by atoms with E-state index >= 15 is 0 Å². The Kier molecular flexibility index (Phi) is 6.67. The molecule has 0 spiro atoms. The summed E-state index contributed by atoms with van der Waals surface area (Å²) in [6.45, 7) is 7.03. The van der Waals surface area contributed by atoms with Crippen molar-refractivity contribution in [1.29, 1.82) is 0 Å². The number of piperidine rings is 1. The van der Waals surface area contributed by atoms with Gasteiger partial charge in [-0.05, 0) is 63.4 Å². The molecule has 8 heteroatoms. The molecule has 0 saturated carbocycles. The average Bonchev–Trinajstić information content (AvgIpc) is 3.12. The number of aryl methyl sites for hydroxylation is 2. The predicted octanol–water partition coefficient (Wildman–Crippen LogP) is 3.90. The monoisotopic (exact) mass is 466 g/mol. The molecule has 1 N–H and O–H groups in total. The van der Waals surface area contributed by atoms with Crippen molar-refractivity contribution in [1.82, 2.24) is 19.4 Å². The van der Waals surface area contributed by atoms with Gasteiger partial charge in [-0.25, -0.2) is 13.1 Å². The van der Waals surface area contributed by atoms with Gasteiger partial charge in [0.2, 0.25) is 10.0 Å². The van der Waals surface area contributed by atoms with Gasteiger partial charge < -0.3 is 5.32 Å². The molecule has 1 aromatic heterocycles. The fourth-order valence-electron chi connectivity index (χ4n) is 4.29. The maximum Gasteiger partial charge on any atom is 0.251 e. The van der Waals surface area contributed by atoms with Crippen LogP contribution < -0.4 is 5.32 Å². The molecule has 33 heavy (non-hydrogen) atoms. The Labute approximate surface area is 195 Å². The number of carbonyl (C=O) groups excluding carboxylic acids is 1. The zero-order chi connectivity index (χ0) is 23.6. The summed E-state index contributed by atoms with van der Waals surface area (Å²) in [6.07, 6.45) is 2.79. The van der Waals surface area contributed by atoms with Crippen molar-refractivity contribution in [2.45, 2.75) is 51.5 Å². The summed E-state index contributed by atoms with van der Waals surface area (Å²) in [6, 6.07) is 14.7. The van der Waals surface area contributed by atoms with E-state index in [1.54, 1.807) is 19.1 Å². The maximum atomic E-state index is 13.2. The zero-order valence-electron chi connectivity index (χ0n) is 19.3. The van der Waals surface area contributed by atoms with Gasteiger partial charge in [0, 0.05) is 36.5 Å². The van der Waals surface area contributed by atoms with E-state index in [4.69, 9.17) is 0 Å². The second kappa shape index (κ2) is 9.49. The lowest BCUT2D eigenvalue weighted by Gasteiger charge is -2.26. The van der Waals surface area contributed by atoms with Gasteiger partial charge in [-0.15, -0.1) is 0 Å². The van der Waals surface area contributed by atoms with E-state index in [9.17, 15) is 13.2 Å². The lowest BCUT2D eigenvalue weighted by Crippen LogP contribution is -2.36. The lowest BCUT2D eigenvalue weighted by molar-refractivity contribution is 0.0950. The molecule has 0 aliphatic carbocycles. The molecule has 0 radical (unpaired) electrons. The molecule has 0 unspecified atom stereocenters. The van der Waals surface area contributed by atoms with Gasteiger partial charge in [-0.2, -0.15) is 9.40 Å². The molecule has 4 rings (SSSR count). The van der Waals surface area contributed by atoms with Gasteiger partial charge in [-0.3, -0.25) is 4.79 Å². The minimum Gasteiger partial charge on any atom is -0.348 e. The number of benzene rings is 2. The molecule has 0 bridgehead atoms. The van der Waals surface area contributed by atoms with Gasteiger partial charge >= 0.3 is 0 Å². The van der Waals surface area contributed by atoms with E-state index in [-0.39, 0.29) is 10.8 Å². The maximum absolute atomic E-state index is 13.2. The third-order valence-electron chi connectivity index (χ3n) is 6.25. The third-order valence-corrected chi connectivity index (χ3v) is 8.29. The number of carbonyl (C=O) groups is 1. The van der Waals surface area contributed by atoms with Crippen LogP contribution in [0, 0.1) is 20.8 Å². The van der Waals surface area contributed by atoms with Crippen LogP contribution in [0.5, 0.6) is 0 Å². The van der Waals surface area contributed by atoms with Gasteiger partial charge in [0.15, 0.2) is 0 Å².